The molecule has 1 fully saturated rings. The number of hydrogen-bond donors (Lipinski definition) is 2. The first-order valence-corrected chi connectivity index (χ1v) is 8.86. The van der Waals surface area contributed by atoms with E-state index >= 15 is 0 Å². The number of phenolic OH excluding ortho intramolecular Hbond substituents is 2. The molecule has 1 saturated carbocycles. The Balaban J connectivity index is 2.12. The van der Waals surface area contributed by atoms with Crippen LogP contribution in [0.1, 0.15) is 80.8 Å². The normalized spacial score (nSPS) is 26.6. The van der Waals surface area contributed by atoms with Crippen molar-refractivity contribution in [2.45, 2.75) is 65.7 Å². The summed E-state index contributed by atoms with van der Waals surface area (Å²) in [5, 5.41) is 20.8. The zero-order valence-electron chi connectivity index (χ0n) is 14.6. The van der Waals surface area contributed by atoms with E-state index < -0.39 is 0 Å². The molecule has 0 aliphatic heterocycles. The first kappa shape index (κ1) is 16.4. The number of Topliss-reactive ketones (excluding diaryl/α,β-unsaturated/α-hetero) is 1. The average Bonchev–Trinajstić information content (AvgIpc) is 2.61. The van der Waals surface area contributed by atoms with Crippen LogP contribution in [0.2, 0.25) is 0 Å². The van der Waals surface area contributed by atoms with E-state index in [1.54, 1.807) is 0 Å². The molecule has 2 unspecified atom stereocenters. The Morgan fingerprint density at radius 3 is 2.52 bits per heavy atom. The van der Waals surface area contributed by atoms with E-state index in [1.165, 1.54) is 0 Å². The van der Waals surface area contributed by atoms with Gasteiger partial charge in [-0.15, -0.1) is 0 Å². The van der Waals surface area contributed by atoms with Gasteiger partial charge >= 0.3 is 0 Å². The molecule has 3 heteroatoms. The summed E-state index contributed by atoms with van der Waals surface area (Å²) in [4.78, 5) is 13.1. The lowest BCUT2D eigenvalue weighted by Gasteiger charge is -2.42. The van der Waals surface area contributed by atoms with Crippen LogP contribution in [0.25, 0.3) is 0 Å². The summed E-state index contributed by atoms with van der Waals surface area (Å²) >= 11 is 0. The first-order chi connectivity index (χ1) is 10.7. The number of ketones is 1. The molecule has 0 heterocycles. The molecule has 2 aliphatic rings. The summed E-state index contributed by atoms with van der Waals surface area (Å²) in [5.74, 6) is 0.192. The highest BCUT2D eigenvalue weighted by atomic mass is 16.3. The fraction of sp³-hybridized carbons (Fsp3) is 0.650. The predicted octanol–water partition coefficient (Wildman–Crippen LogP) is 4.79. The van der Waals surface area contributed by atoms with E-state index in [9.17, 15) is 15.0 Å². The molecule has 3 rings (SSSR count). The number of carbonyl (C=O) groups is 1. The third-order valence-corrected chi connectivity index (χ3v) is 6.14. The third kappa shape index (κ3) is 2.54. The van der Waals surface area contributed by atoms with E-state index in [4.69, 9.17) is 0 Å². The van der Waals surface area contributed by atoms with Gasteiger partial charge in [-0.05, 0) is 48.5 Å². The number of benzene rings is 1. The van der Waals surface area contributed by atoms with Crippen LogP contribution in [0.4, 0.5) is 0 Å². The molecule has 126 valence electrons. The van der Waals surface area contributed by atoms with Gasteiger partial charge in [0.2, 0.25) is 0 Å². The van der Waals surface area contributed by atoms with Gasteiger partial charge in [0, 0.05) is 11.5 Å². The molecule has 2 atom stereocenters. The number of carbonyl (C=O) groups excluding carboxylic acids is 1. The molecule has 0 saturated heterocycles. The van der Waals surface area contributed by atoms with Crippen molar-refractivity contribution < 1.29 is 15.0 Å². The highest BCUT2D eigenvalue weighted by Gasteiger charge is 2.45. The summed E-state index contributed by atoms with van der Waals surface area (Å²) in [5.41, 5.74) is 2.20. The van der Waals surface area contributed by atoms with Crippen molar-refractivity contribution in [1.29, 1.82) is 0 Å². The smallest absolute Gasteiger partial charge is 0.170 e. The Morgan fingerprint density at radius 2 is 1.87 bits per heavy atom. The van der Waals surface area contributed by atoms with Gasteiger partial charge in [-0.3, -0.25) is 4.79 Å². The van der Waals surface area contributed by atoms with Gasteiger partial charge in [0.25, 0.3) is 0 Å². The molecule has 2 N–H and O–H groups in total. The number of fused-ring (bicyclic) bond motifs is 2. The standard InChI is InChI=1S/C20H28O3/c1-11(2)14-10-12-7-8-15-13(6-5-9-20(15,3)4)17(21)16(12)19(23)18(14)22/h10-11,13,15,22-23H,5-9H2,1-4H3. The molecule has 1 aromatic carbocycles. The second-order valence-electron chi connectivity index (χ2n) is 8.35. The Morgan fingerprint density at radius 1 is 1.17 bits per heavy atom. The Labute approximate surface area is 138 Å². The zero-order valence-corrected chi connectivity index (χ0v) is 14.6. The summed E-state index contributed by atoms with van der Waals surface area (Å²) in [7, 11) is 0. The molecular weight excluding hydrogens is 288 g/mol. The largest absolute Gasteiger partial charge is 0.504 e. The number of aryl methyl sites for hydroxylation is 1. The van der Waals surface area contributed by atoms with Crippen molar-refractivity contribution in [3.8, 4) is 11.5 Å². The minimum Gasteiger partial charge on any atom is -0.504 e. The van der Waals surface area contributed by atoms with Gasteiger partial charge in [0.15, 0.2) is 17.3 Å². The lowest BCUT2D eigenvalue weighted by molar-refractivity contribution is 0.0520. The van der Waals surface area contributed by atoms with E-state index in [1.807, 2.05) is 19.9 Å². The van der Waals surface area contributed by atoms with Gasteiger partial charge in [0.05, 0.1) is 5.56 Å². The van der Waals surface area contributed by atoms with Crippen LogP contribution in [0.3, 0.4) is 0 Å². The number of hydrogen-bond acceptors (Lipinski definition) is 3. The number of phenols is 2. The van der Waals surface area contributed by atoms with Crippen LogP contribution >= 0.6 is 0 Å². The van der Waals surface area contributed by atoms with Crippen molar-refractivity contribution in [2.75, 3.05) is 0 Å². The number of aromatic hydroxyl groups is 2. The van der Waals surface area contributed by atoms with Crippen molar-refractivity contribution >= 4 is 5.78 Å². The summed E-state index contributed by atoms with van der Waals surface area (Å²) in [6.45, 7) is 8.51. The van der Waals surface area contributed by atoms with E-state index in [2.05, 4.69) is 13.8 Å². The van der Waals surface area contributed by atoms with Gasteiger partial charge < -0.3 is 10.2 Å². The van der Waals surface area contributed by atoms with Crippen molar-refractivity contribution in [3.63, 3.8) is 0 Å². The SMILES string of the molecule is CC(C)c1cc2c(c(O)c1O)C(=O)C1CCCC(C)(C)C1CC2. The maximum Gasteiger partial charge on any atom is 0.170 e. The second-order valence-corrected chi connectivity index (χ2v) is 8.35. The highest BCUT2D eigenvalue weighted by molar-refractivity contribution is 6.03. The zero-order chi connectivity index (χ0) is 16.9. The summed E-state index contributed by atoms with van der Waals surface area (Å²) in [6.07, 6.45) is 4.91. The Kier molecular flexibility index (Phi) is 3.94. The van der Waals surface area contributed by atoms with Crippen LogP contribution in [0, 0.1) is 17.3 Å². The average molecular weight is 316 g/mol. The maximum absolute atomic E-state index is 13.1. The van der Waals surface area contributed by atoms with Crippen molar-refractivity contribution in [1.82, 2.24) is 0 Å². The molecule has 1 aromatic rings. The fourth-order valence-electron chi connectivity index (χ4n) is 4.76. The first-order valence-electron chi connectivity index (χ1n) is 8.86. The molecule has 0 aromatic heterocycles. The maximum atomic E-state index is 13.1. The van der Waals surface area contributed by atoms with Crippen molar-refractivity contribution in [3.05, 3.63) is 22.8 Å². The fourth-order valence-corrected chi connectivity index (χ4v) is 4.76. The Bertz CT molecular complexity index is 643. The number of rotatable bonds is 1. The van der Waals surface area contributed by atoms with Gasteiger partial charge in [-0.25, -0.2) is 0 Å². The third-order valence-electron chi connectivity index (χ3n) is 6.14. The topological polar surface area (TPSA) is 57.5 Å². The second kappa shape index (κ2) is 5.54. The van der Waals surface area contributed by atoms with Crippen LogP contribution in [-0.2, 0) is 6.42 Å². The van der Waals surface area contributed by atoms with Crippen LogP contribution in [-0.4, -0.2) is 16.0 Å². The van der Waals surface area contributed by atoms with Gasteiger partial charge in [-0.2, -0.15) is 0 Å². The van der Waals surface area contributed by atoms with E-state index in [0.29, 0.717) is 11.5 Å². The molecule has 2 aliphatic carbocycles. The quantitative estimate of drug-likeness (QED) is 0.732. The minimum atomic E-state index is -0.194. The Hall–Kier alpha value is -1.51. The molecule has 3 nitrogen and oxygen atoms in total. The molecule has 0 amide bonds. The van der Waals surface area contributed by atoms with E-state index in [-0.39, 0.29) is 34.5 Å². The molecule has 0 spiro atoms. The van der Waals surface area contributed by atoms with Gasteiger partial charge in [0.1, 0.15) is 0 Å². The minimum absolute atomic E-state index is 0.0183. The van der Waals surface area contributed by atoms with Gasteiger partial charge in [-0.1, -0.05) is 40.2 Å². The monoisotopic (exact) mass is 316 g/mol. The summed E-state index contributed by atoms with van der Waals surface area (Å²) in [6, 6.07) is 1.94. The van der Waals surface area contributed by atoms with Crippen LogP contribution < -0.4 is 0 Å². The molecular formula is C20H28O3. The lowest BCUT2D eigenvalue weighted by atomic mass is 9.61. The highest BCUT2D eigenvalue weighted by Crippen LogP contribution is 2.51. The van der Waals surface area contributed by atoms with Crippen molar-refractivity contribution in [2.24, 2.45) is 17.3 Å². The summed E-state index contributed by atoms with van der Waals surface area (Å²) < 4.78 is 0. The van der Waals surface area contributed by atoms with Crippen LogP contribution in [0.15, 0.2) is 6.07 Å². The van der Waals surface area contributed by atoms with E-state index in [0.717, 1.165) is 43.2 Å². The lowest BCUT2D eigenvalue weighted by Crippen LogP contribution is -2.38. The van der Waals surface area contributed by atoms with Crippen LogP contribution in [0.5, 0.6) is 11.5 Å². The molecule has 0 radical (unpaired) electrons. The molecule has 0 bridgehead atoms. The predicted molar refractivity (Wildman–Crippen MR) is 91.1 cm³/mol. The molecule has 23 heavy (non-hydrogen) atoms.